The highest BCUT2D eigenvalue weighted by atomic mass is 35.5. The van der Waals surface area contributed by atoms with Crippen molar-refractivity contribution in [1.82, 2.24) is 10.3 Å². The highest BCUT2D eigenvalue weighted by Crippen LogP contribution is 2.36. The van der Waals surface area contributed by atoms with Crippen molar-refractivity contribution >= 4 is 50.2 Å². The molecule has 3 aromatic rings. The van der Waals surface area contributed by atoms with Crippen LogP contribution in [-0.2, 0) is 9.53 Å². The molecule has 11 heteroatoms. The van der Waals surface area contributed by atoms with Crippen LogP contribution in [0.25, 0.3) is 10.2 Å². The number of nitrogens with zero attached hydrogens (tertiary/aromatic N) is 1. The number of hydrogen-bond donors (Lipinski definition) is 2. The van der Waals surface area contributed by atoms with Gasteiger partial charge in [-0.15, -0.1) is 0 Å². The summed E-state index contributed by atoms with van der Waals surface area (Å²) in [6.45, 7) is 1.75. The van der Waals surface area contributed by atoms with E-state index in [0.717, 1.165) is 24.0 Å². The van der Waals surface area contributed by atoms with Gasteiger partial charge in [0, 0.05) is 0 Å². The summed E-state index contributed by atoms with van der Waals surface area (Å²) in [5.41, 5.74) is -2.60. The largest absolute Gasteiger partial charge is 0.466 e. The number of ether oxygens (including phenoxy) is 1. The second-order valence-corrected chi connectivity index (χ2v) is 7.68. The molecule has 30 heavy (non-hydrogen) atoms. The first-order valence-electron chi connectivity index (χ1n) is 8.45. The van der Waals surface area contributed by atoms with Crippen molar-refractivity contribution in [3.05, 3.63) is 58.6 Å². The molecule has 0 saturated heterocycles. The number of thiazole rings is 1. The fourth-order valence-corrected chi connectivity index (χ4v) is 3.95. The first-order valence-corrected chi connectivity index (χ1v) is 9.65. The monoisotopic (exact) mass is 457 g/mol. The third-order valence-corrected chi connectivity index (χ3v) is 5.52. The lowest BCUT2D eigenvalue weighted by molar-refractivity contribution is -0.203. The number of anilines is 1. The van der Waals surface area contributed by atoms with E-state index in [9.17, 15) is 22.8 Å². The van der Waals surface area contributed by atoms with Crippen molar-refractivity contribution in [2.45, 2.75) is 18.8 Å². The molecule has 6 nitrogen and oxygen atoms in total. The highest BCUT2D eigenvalue weighted by Gasteiger charge is 2.64. The molecule has 0 spiro atoms. The van der Waals surface area contributed by atoms with Gasteiger partial charge in [0.2, 0.25) is 0 Å². The van der Waals surface area contributed by atoms with Crippen molar-refractivity contribution in [2.24, 2.45) is 0 Å². The Labute approximate surface area is 178 Å². The molecule has 1 heterocycles. The van der Waals surface area contributed by atoms with Crippen molar-refractivity contribution in [2.75, 3.05) is 12.4 Å². The normalized spacial score (nSPS) is 13.5. The third-order valence-electron chi connectivity index (χ3n) is 4.25. The number of aromatic nitrogens is 1. The number of carbonyl (C=O) groups excluding carboxylic acids is 2. The average molecular weight is 458 g/mol. The summed E-state index contributed by atoms with van der Waals surface area (Å²) in [6, 6.07) is 10.7. The Hall–Kier alpha value is -2.85. The molecule has 0 aliphatic rings. The van der Waals surface area contributed by atoms with E-state index in [1.807, 2.05) is 0 Å². The second-order valence-electron chi connectivity index (χ2n) is 6.24. The van der Waals surface area contributed by atoms with Crippen molar-refractivity contribution in [1.29, 1.82) is 0 Å². The van der Waals surface area contributed by atoms with E-state index in [4.69, 9.17) is 11.6 Å². The third kappa shape index (κ3) is 3.92. The molecule has 1 amide bonds. The number of hydrogen-bond acceptors (Lipinski definition) is 6. The van der Waals surface area contributed by atoms with Crippen LogP contribution in [0.4, 0.5) is 18.3 Å². The maximum absolute atomic E-state index is 14.2. The van der Waals surface area contributed by atoms with Gasteiger partial charge in [0.15, 0.2) is 5.13 Å². The van der Waals surface area contributed by atoms with Gasteiger partial charge in [-0.3, -0.25) is 4.79 Å². The van der Waals surface area contributed by atoms with Crippen molar-refractivity contribution in [3.63, 3.8) is 0 Å². The predicted molar refractivity (Wildman–Crippen MR) is 108 cm³/mol. The number of benzene rings is 2. The van der Waals surface area contributed by atoms with E-state index in [0.29, 0.717) is 10.2 Å². The van der Waals surface area contributed by atoms with E-state index < -0.39 is 23.7 Å². The number of halogens is 4. The van der Waals surface area contributed by atoms with Crippen LogP contribution in [0, 0.1) is 6.92 Å². The van der Waals surface area contributed by atoms with Crippen molar-refractivity contribution < 1.29 is 27.5 Å². The molecule has 0 unspecified atom stereocenters. The van der Waals surface area contributed by atoms with Gasteiger partial charge < -0.3 is 15.4 Å². The fourth-order valence-electron chi connectivity index (χ4n) is 2.73. The molecule has 2 aromatic carbocycles. The van der Waals surface area contributed by atoms with Crippen LogP contribution < -0.4 is 10.6 Å². The topological polar surface area (TPSA) is 80.3 Å². The molecule has 0 fully saturated rings. The van der Waals surface area contributed by atoms with Gasteiger partial charge in [0.25, 0.3) is 5.91 Å². The standard InChI is InChI=1S/C19H15ClF3N3O3S/c1-10-6-5-9-13-14(10)24-17(30-13)26-18(16(28)29-2,19(21,22)23)25-15(27)11-7-3-4-8-12(11)20/h3-9H,1-2H3,(H,24,26)(H,25,27)/t18-/m0/s1. The van der Waals surface area contributed by atoms with Crippen LogP contribution in [0.15, 0.2) is 42.5 Å². The molecule has 0 aliphatic heterocycles. The SMILES string of the molecule is COC(=O)[C@](NC(=O)c1ccccc1Cl)(Nc1nc2c(C)cccc2s1)C(F)(F)F. The first kappa shape index (κ1) is 21.8. The number of para-hydroxylation sites is 1. The summed E-state index contributed by atoms with van der Waals surface area (Å²) in [6.07, 6.45) is -5.27. The summed E-state index contributed by atoms with van der Waals surface area (Å²) in [5, 5.41) is 3.47. The lowest BCUT2D eigenvalue weighted by atomic mass is 10.1. The molecule has 0 aliphatic carbocycles. The zero-order chi connectivity index (χ0) is 22.1. The number of methoxy groups -OCH3 is 1. The van der Waals surface area contributed by atoms with Crippen LogP contribution in [0.2, 0.25) is 5.02 Å². The summed E-state index contributed by atoms with van der Waals surface area (Å²) >= 11 is 6.82. The second kappa shape index (κ2) is 8.11. The summed E-state index contributed by atoms with van der Waals surface area (Å²) in [5.74, 6) is -2.97. The number of fused-ring (bicyclic) bond motifs is 1. The van der Waals surface area contributed by atoms with E-state index >= 15 is 0 Å². The Balaban J connectivity index is 2.08. The first-order chi connectivity index (χ1) is 14.1. The average Bonchev–Trinajstić information content (AvgIpc) is 3.10. The van der Waals surface area contributed by atoms with Gasteiger partial charge in [0.05, 0.1) is 27.9 Å². The number of rotatable bonds is 5. The van der Waals surface area contributed by atoms with Crippen LogP contribution in [-0.4, -0.2) is 35.8 Å². The zero-order valence-corrected chi connectivity index (χ0v) is 17.2. The lowest BCUT2D eigenvalue weighted by Gasteiger charge is -2.34. The van der Waals surface area contributed by atoms with Gasteiger partial charge in [-0.25, -0.2) is 9.78 Å². The molecule has 2 N–H and O–H groups in total. The highest BCUT2D eigenvalue weighted by molar-refractivity contribution is 7.22. The Kier molecular flexibility index (Phi) is 5.91. The maximum Gasteiger partial charge on any atom is 0.442 e. The minimum absolute atomic E-state index is 0.0773. The van der Waals surface area contributed by atoms with E-state index in [2.05, 4.69) is 15.0 Å². The fraction of sp³-hybridized carbons (Fsp3) is 0.211. The molecule has 0 radical (unpaired) electrons. The molecule has 0 bridgehead atoms. The molecule has 3 rings (SSSR count). The summed E-state index contributed by atoms with van der Waals surface area (Å²) in [7, 11) is 0.786. The molecular weight excluding hydrogens is 443 g/mol. The predicted octanol–water partition coefficient (Wildman–Crippen LogP) is 4.53. The van der Waals surface area contributed by atoms with Gasteiger partial charge in [0.1, 0.15) is 0 Å². The molecule has 158 valence electrons. The van der Waals surface area contributed by atoms with Gasteiger partial charge >= 0.3 is 17.8 Å². The van der Waals surface area contributed by atoms with E-state index in [1.54, 1.807) is 30.4 Å². The quantitative estimate of drug-likeness (QED) is 0.434. The summed E-state index contributed by atoms with van der Waals surface area (Å²) in [4.78, 5) is 29.1. The van der Waals surface area contributed by atoms with E-state index in [-0.39, 0.29) is 15.7 Å². The van der Waals surface area contributed by atoms with Gasteiger partial charge in [-0.1, -0.05) is 47.2 Å². The smallest absolute Gasteiger partial charge is 0.442 e. The van der Waals surface area contributed by atoms with E-state index in [1.165, 1.54) is 24.3 Å². The Morgan fingerprint density at radius 1 is 1.13 bits per heavy atom. The van der Waals surface area contributed by atoms with Gasteiger partial charge in [-0.05, 0) is 30.7 Å². The van der Waals surface area contributed by atoms with Crippen LogP contribution in [0.5, 0.6) is 0 Å². The van der Waals surface area contributed by atoms with Crippen LogP contribution in [0.3, 0.4) is 0 Å². The minimum atomic E-state index is -5.27. The molecule has 1 aromatic heterocycles. The molecule has 0 saturated carbocycles. The number of esters is 1. The number of aryl methyl sites for hydroxylation is 1. The number of alkyl halides is 3. The Bertz CT molecular complexity index is 1120. The number of amides is 1. The lowest BCUT2D eigenvalue weighted by Crippen LogP contribution is -2.69. The van der Waals surface area contributed by atoms with Gasteiger partial charge in [-0.2, -0.15) is 13.2 Å². The molecule has 1 atom stereocenters. The zero-order valence-electron chi connectivity index (χ0n) is 15.6. The Morgan fingerprint density at radius 2 is 1.83 bits per heavy atom. The number of nitrogens with one attached hydrogen (secondary N) is 2. The summed E-state index contributed by atoms with van der Waals surface area (Å²) < 4.78 is 47.5. The van der Waals surface area contributed by atoms with Crippen molar-refractivity contribution in [3.8, 4) is 0 Å². The minimum Gasteiger partial charge on any atom is -0.466 e. The van der Waals surface area contributed by atoms with Crippen LogP contribution in [0.1, 0.15) is 15.9 Å². The van der Waals surface area contributed by atoms with Crippen LogP contribution >= 0.6 is 22.9 Å². The maximum atomic E-state index is 14.2. The molecular formula is C19H15ClF3N3O3S. The Morgan fingerprint density at radius 3 is 2.43 bits per heavy atom. The number of carbonyl (C=O) groups is 2.